The largest absolute Gasteiger partial charge is 0.298 e. The van der Waals surface area contributed by atoms with Crippen LogP contribution in [0.15, 0.2) is 36.4 Å². The molecule has 0 radical (unpaired) electrons. The number of aldehydes is 1. The molecule has 2 aliphatic rings. The monoisotopic (exact) mass is 255 g/mol. The highest BCUT2D eigenvalue weighted by Crippen LogP contribution is 2.37. The number of amides is 2. The Balaban J connectivity index is 2.06. The van der Waals surface area contributed by atoms with Crippen LogP contribution in [0.1, 0.15) is 23.2 Å². The van der Waals surface area contributed by atoms with Crippen molar-refractivity contribution in [2.24, 2.45) is 11.8 Å². The molecule has 0 N–H and O–H groups in total. The molecule has 3 rings (SSSR count). The third kappa shape index (κ3) is 1.71. The lowest BCUT2D eigenvalue weighted by atomic mass is 9.86. The maximum absolute atomic E-state index is 12.4. The van der Waals surface area contributed by atoms with Crippen molar-refractivity contribution >= 4 is 23.8 Å². The van der Waals surface area contributed by atoms with Crippen LogP contribution in [0.2, 0.25) is 0 Å². The second-order valence-corrected chi connectivity index (χ2v) is 4.83. The van der Waals surface area contributed by atoms with Crippen LogP contribution in [0.4, 0.5) is 5.69 Å². The van der Waals surface area contributed by atoms with E-state index < -0.39 is 0 Å². The van der Waals surface area contributed by atoms with Crippen molar-refractivity contribution < 1.29 is 14.4 Å². The van der Waals surface area contributed by atoms with Crippen LogP contribution in [0.25, 0.3) is 0 Å². The average Bonchev–Trinajstić information content (AvgIpc) is 2.71. The molecule has 2 amide bonds. The molecule has 0 aromatic heterocycles. The summed E-state index contributed by atoms with van der Waals surface area (Å²) in [5, 5.41) is 0. The molecule has 1 aliphatic carbocycles. The highest BCUT2D eigenvalue weighted by Gasteiger charge is 2.47. The first-order valence-electron chi connectivity index (χ1n) is 6.32. The molecule has 4 heteroatoms. The first kappa shape index (κ1) is 11.8. The summed E-state index contributed by atoms with van der Waals surface area (Å²) in [7, 11) is 0. The SMILES string of the molecule is O=Cc1ccccc1N1C(=O)C2C=CCCC2C1=O. The van der Waals surface area contributed by atoms with Crippen LogP contribution in [-0.4, -0.2) is 18.1 Å². The molecule has 1 aliphatic heterocycles. The molecule has 1 aromatic rings. The van der Waals surface area contributed by atoms with Gasteiger partial charge >= 0.3 is 0 Å². The van der Waals surface area contributed by atoms with E-state index in [0.29, 0.717) is 24.0 Å². The number of carbonyl (C=O) groups excluding carboxylic acids is 3. The molecule has 1 heterocycles. The molecule has 1 saturated heterocycles. The Kier molecular flexibility index (Phi) is 2.78. The fraction of sp³-hybridized carbons (Fsp3) is 0.267. The van der Waals surface area contributed by atoms with Gasteiger partial charge in [-0.2, -0.15) is 0 Å². The Bertz CT molecular complexity index is 591. The van der Waals surface area contributed by atoms with E-state index in [0.717, 1.165) is 6.42 Å². The molecule has 4 nitrogen and oxygen atoms in total. The predicted octanol–water partition coefficient (Wildman–Crippen LogP) is 1.95. The zero-order chi connectivity index (χ0) is 13.4. The maximum atomic E-state index is 12.4. The van der Waals surface area contributed by atoms with Gasteiger partial charge in [-0.1, -0.05) is 24.3 Å². The van der Waals surface area contributed by atoms with Gasteiger partial charge in [-0.3, -0.25) is 14.4 Å². The normalized spacial score (nSPS) is 25.6. The third-order valence-electron chi connectivity index (χ3n) is 3.77. The zero-order valence-corrected chi connectivity index (χ0v) is 10.3. The molecular formula is C15H13NO3. The number of nitrogens with zero attached hydrogens (tertiary/aromatic N) is 1. The van der Waals surface area contributed by atoms with E-state index in [-0.39, 0.29) is 23.7 Å². The van der Waals surface area contributed by atoms with Crippen LogP contribution in [0.5, 0.6) is 0 Å². The van der Waals surface area contributed by atoms with E-state index in [1.54, 1.807) is 24.3 Å². The molecule has 1 aromatic carbocycles. The number of anilines is 1. The minimum absolute atomic E-state index is 0.186. The maximum Gasteiger partial charge on any atom is 0.241 e. The number of benzene rings is 1. The number of allylic oxidation sites excluding steroid dienone is 1. The van der Waals surface area contributed by atoms with Crippen molar-refractivity contribution in [3.8, 4) is 0 Å². The Hall–Kier alpha value is -2.23. The molecule has 96 valence electrons. The van der Waals surface area contributed by atoms with E-state index >= 15 is 0 Å². The minimum atomic E-state index is -0.360. The molecule has 0 spiro atoms. The first-order valence-corrected chi connectivity index (χ1v) is 6.32. The fourth-order valence-electron chi connectivity index (χ4n) is 2.82. The number of carbonyl (C=O) groups is 3. The predicted molar refractivity (Wildman–Crippen MR) is 69.7 cm³/mol. The molecule has 1 fully saturated rings. The van der Waals surface area contributed by atoms with Gasteiger partial charge in [0.25, 0.3) is 0 Å². The Labute approximate surface area is 110 Å². The van der Waals surface area contributed by atoms with Crippen molar-refractivity contribution in [1.29, 1.82) is 0 Å². The fourth-order valence-corrected chi connectivity index (χ4v) is 2.82. The molecule has 0 bridgehead atoms. The lowest BCUT2D eigenvalue weighted by molar-refractivity contribution is -0.122. The van der Waals surface area contributed by atoms with E-state index in [2.05, 4.69) is 0 Å². The summed E-state index contributed by atoms with van der Waals surface area (Å²) in [4.78, 5) is 37.0. The van der Waals surface area contributed by atoms with Crippen molar-refractivity contribution in [3.05, 3.63) is 42.0 Å². The Morgan fingerprint density at radius 1 is 1.16 bits per heavy atom. The number of rotatable bonds is 2. The van der Waals surface area contributed by atoms with Gasteiger partial charge in [0.1, 0.15) is 0 Å². The molecule has 0 saturated carbocycles. The number of imide groups is 1. The van der Waals surface area contributed by atoms with E-state index in [4.69, 9.17) is 0 Å². The van der Waals surface area contributed by atoms with E-state index in [9.17, 15) is 14.4 Å². The summed E-state index contributed by atoms with van der Waals surface area (Å²) in [6, 6.07) is 6.69. The van der Waals surface area contributed by atoms with Crippen LogP contribution in [0, 0.1) is 11.8 Å². The summed E-state index contributed by atoms with van der Waals surface area (Å²) < 4.78 is 0. The summed E-state index contributed by atoms with van der Waals surface area (Å²) >= 11 is 0. The highest BCUT2D eigenvalue weighted by atomic mass is 16.2. The summed E-state index contributed by atoms with van der Waals surface area (Å²) in [5.41, 5.74) is 0.766. The Morgan fingerprint density at radius 3 is 2.68 bits per heavy atom. The summed E-state index contributed by atoms with van der Waals surface area (Å²) in [5.74, 6) is -1.04. The van der Waals surface area contributed by atoms with Crippen LogP contribution >= 0.6 is 0 Å². The third-order valence-corrected chi connectivity index (χ3v) is 3.77. The molecule has 19 heavy (non-hydrogen) atoms. The van der Waals surface area contributed by atoms with Gasteiger partial charge in [0.2, 0.25) is 11.8 Å². The summed E-state index contributed by atoms with van der Waals surface area (Å²) in [6.45, 7) is 0. The van der Waals surface area contributed by atoms with Gasteiger partial charge < -0.3 is 0 Å². The second-order valence-electron chi connectivity index (χ2n) is 4.83. The lowest BCUT2D eigenvalue weighted by Gasteiger charge is -2.16. The topological polar surface area (TPSA) is 54.5 Å². The summed E-state index contributed by atoms with van der Waals surface area (Å²) in [6.07, 6.45) is 5.96. The number of hydrogen-bond donors (Lipinski definition) is 0. The highest BCUT2D eigenvalue weighted by molar-refractivity contribution is 6.23. The quantitative estimate of drug-likeness (QED) is 0.461. The van der Waals surface area contributed by atoms with Gasteiger partial charge in [0.05, 0.1) is 17.5 Å². The number of fused-ring (bicyclic) bond motifs is 1. The van der Waals surface area contributed by atoms with Gasteiger partial charge in [-0.15, -0.1) is 0 Å². The minimum Gasteiger partial charge on any atom is -0.298 e. The number of para-hydroxylation sites is 1. The van der Waals surface area contributed by atoms with Crippen molar-refractivity contribution in [1.82, 2.24) is 0 Å². The van der Waals surface area contributed by atoms with Gasteiger partial charge in [0, 0.05) is 5.56 Å². The van der Waals surface area contributed by atoms with Crippen molar-refractivity contribution in [3.63, 3.8) is 0 Å². The van der Waals surface area contributed by atoms with Crippen LogP contribution in [0.3, 0.4) is 0 Å². The van der Waals surface area contributed by atoms with Crippen molar-refractivity contribution in [2.75, 3.05) is 4.90 Å². The standard InChI is InChI=1S/C15H13NO3/c17-9-10-5-1-4-8-13(10)16-14(18)11-6-2-3-7-12(11)15(16)19/h1-2,4-6,8-9,11-12H,3,7H2. The van der Waals surface area contributed by atoms with Crippen molar-refractivity contribution in [2.45, 2.75) is 12.8 Å². The smallest absolute Gasteiger partial charge is 0.241 e. The van der Waals surface area contributed by atoms with Crippen LogP contribution in [-0.2, 0) is 9.59 Å². The van der Waals surface area contributed by atoms with Gasteiger partial charge in [-0.05, 0) is 25.0 Å². The molecule has 2 atom stereocenters. The Morgan fingerprint density at radius 2 is 1.95 bits per heavy atom. The lowest BCUT2D eigenvalue weighted by Crippen LogP contribution is -2.31. The zero-order valence-electron chi connectivity index (χ0n) is 10.3. The average molecular weight is 255 g/mol. The van der Waals surface area contributed by atoms with Gasteiger partial charge in [0.15, 0.2) is 6.29 Å². The first-order chi connectivity index (χ1) is 9.24. The number of hydrogen-bond acceptors (Lipinski definition) is 3. The van der Waals surface area contributed by atoms with E-state index in [1.165, 1.54) is 4.90 Å². The molecular weight excluding hydrogens is 242 g/mol. The van der Waals surface area contributed by atoms with Crippen LogP contribution < -0.4 is 4.90 Å². The molecule has 2 unspecified atom stereocenters. The second kappa shape index (κ2) is 4.46. The van der Waals surface area contributed by atoms with E-state index in [1.807, 2.05) is 12.2 Å². The van der Waals surface area contributed by atoms with Gasteiger partial charge in [-0.25, -0.2) is 4.90 Å².